The average Bonchev–Trinajstić information content (AvgIpc) is 3.39. The predicted molar refractivity (Wildman–Crippen MR) is 125 cm³/mol. The Bertz CT molecular complexity index is 1370. The first-order chi connectivity index (χ1) is 16.4. The van der Waals surface area contributed by atoms with Gasteiger partial charge in [-0.05, 0) is 63.2 Å². The van der Waals surface area contributed by atoms with E-state index in [0.29, 0.717) is 46.1 Å². The van der Waals surface area contributed by atoms with E-state index in [4.69, 9.17) is 14.2 Å². The van der Waals surface area contributed by atoms with Crippen LogP contribution in [0.5, 0.6) is 23.1 Å². The van der Waals surface area contributed by atoms with Crippen molar-refractivity contribution in [2.75, 3.05) is 17.4 Å². The van der Waals surface area contributed by atoms with Gasteiger partial charge in [-0.15, -0.1) is 0 Å². The fourth-order valence-electron chi connectivity index (χ4n) is 3.54. The molecule has 5 rings (SSSR count). The van der Waals surface area contributed by atoms with Crippen molar-refractivity contribution >= 4 is 17.4 Å². The van der Waals surface area contributed by atoms with E-state index < -0.39 is 0 Å². The van der Waals surface area contributed by atoms with Crippen LogP contribution in [-0.2, 0) is 0 Å². The maximum absolute atomic E-state index is 12.3. The molecule has 0 bridgehead atoms. The lowest BCUT2D eigenvalue weighted by Crippen LogP contribution is -2.19. The number of hydrogen-bond acceptors (Lipinski definition) is 7. The van der Waals surface area contributed by atoms with Crippen LogP contribution in [-0.4, -0.2) is 32.6 Å². The molecule has 0 atom stereocenters. The number of aryl methyl sites for hydroxylation is 3. The summed E-state index contributed by atoms with van der Waals surface area (Å²) < 4.78 is 18.3. The first-order valence-corrected chi connectivity index (χ1v) is 10.6. The summed E-state index contributed by atoms with van der Waals surface area (Å²) in [4.78, 5) is 21.2. The summed E-state index contributed by atoms with van der Waals surface area (Å²) in [5, 5.41) is 10.0. The number of rotatable bonds is 5. The Kier molecular flexibility index (Phi) is 5.46. The standard InChI is InChI=1S/C24H22N6O4/c1-14-10-15(2)30(29-14)22-12-23(26-16(3)25-22)34-19-7-4-17(5-8-19)27-24(31)28-18-6-9-20-21(11-18)33-13-32-20/h4-12H,13H2,1-3H3,(H2,27,28,31). The lowest BCUT2D eigenvalue weighted by Gasteiger charge is -2.10. The Morgan fingerprint density at radius 3 is 2.41 bits per heavy atom. The maximum Gasteiger partial charge on any atom is 0.323 e. The molecule has 2 aromatic carbocycles. The van der Waals surface area contributed by atoms with Gasteiger partial charge in [0.2, 0.25) is 12.7 Å². The molecule has 172 valence electrons. The van der Waals surface area contributed by atoms with Crippen LogP contribution < -0.4 is 24.8 Å². The third-order valence-corrected chi connectivity index (χ3v) is 4.99. The molecule has 1 aliphatic heterocycles. The number of benzene rings is 2. The van der Waals surface area contributed by atoms with E-state index in [0.717, 1.165) is 11.4 Å². The number of nitrogens with zero attached hydrogens (tertiary/aromatic N) is 4. The number of aromatic nitrogens is 4. The summed E-state index contributed by atoms with van der Waals surface area (Å²) in [6, 6.07) is 15.5. The highest BCUT2D eigenvalue weighted by Gasteiger charge is 2.14. The summed E-state index contributed by atoms with van der Waals surface area (Å²) in [6.45, 7) is 5.87. The molecule has 3 heterocycles. The number of carbonyl (C=O) groups is 1. The third kappa shape index (κ3) is 4.60. The number of nitrogens with one attached hydrogen (secondary N) is 2. The lowest BCUT2D eigenvalue weighted by molar-refractivity contribution is 0.174. The molecule has 10 heteroatoms. The van der Waals surface area contributed by atoms with Crippen molar-refractivity contribution in [2.24, 2.45) is 0 Å². The molecule has 34 heavy (non-hydrogen) atoms. The van der Waals surface area contributed by atoms with Crippen molar-refractivity contribution in [2.45, 2.75) is 20.8 Å². The van der Waals surface area contributed by atoms with Crippen LogP contribution in [0.3, 0.4) is 0 Å². The van der Waals surface area contributed by atoms with E-state index in [2.05, 4.69) is 25.7 Å². The van der Waals surface area contributed by atoms with Gasteiger partial charge in [-0.3, -0.25) is 0 Å². The Morgan fingerprint density at radius 2 is 1.65 bits per heavy atom. The second kappa shape index (κ2) is 8.74. The highest BCUT2D eigenvalue weighted by molar-refractivity contribution is 6.00. The van der Waals surface area contributed by atoms with Crippen molar-refractivity contribution < 1.29 is 19.0 Å². The van der Waals surface area contributed by atoms with Crippen molar-refractivity contribution in [3.05, 3.63) is 71.8 Å². The number of amides is 2. The van der Waals surface area contributed by atoms with Crippen LogP contribution >= 0.6 is 0 Å². The van der Waals surface area contributed by atoms with Gasteiger partial charge in [-0.2, -0.15) is 10.1 Å². The van der Waals surface area contributed by atoms with E-state index >= 15 is 0 Å². The molecule has 0 saturated heterocycles. The van der Waals surface area contributed by atoms with Gasteiger partial charge in [0, 0.05) is 29.2 Å². The maximum atomic E-state index is 12.3. The molecule has 1 aliphatic rings. The van der Waals surface area contributed by atoms with Crippen LogP contribution in [0.4, 0.5) is 16.2 Å². The lowest BCUT2D eigenvalue weighted by atomic mass is 10.3. The Balaban J connectivity index is 1.24. The zero-order valence-corrected chi connectivity index (χ0v) is 18.8. The van der Waals surface area contributed by atoms with Gasteiger partial charge in [-0.1, -0.05) is 0 Å². The van der Waals surface area contributed by atoms with Crippen molar-refractivity contribution in [3.63, 3.8) is 0 Å². The van der Waals surface area contributed by atoms with Gasteiger partial charge in [-0.25, -0.2) is 14.5 Å². The number of hydrogen-bond donors (Lipinski definition) is 2. The molecule has 4 aromatic rings. The monoisotopic (exact) mass is 458 g/mol. The largest absolute Gasteiger partial charge is 0.454 e. The fourth-order valence-corrected chi connectivity index (χ4v) is 3.54. The van der Waals surface area contributed by atoms with Gasteiger partial charge in [0.1, 0.15) is 11.6 Å². The Hall–Kier alpha value is -4.60. The summed E-state index contributed by atoms with van der Waals surface area (Å²) in [5.41, 5.74) is 3.07. The van der Waals surface area contributed by atoms with Gasteiger partial charge < -0.3 is 24.8 Å². The van der Waals surface area contributed by atoms with Gasteiger partial charge in [0.05, 0.1) is 5.69 Å². The molecule has 0 unspecified atom stereocenters. The third-order valence-electron chi connectivity index (χ3n) is 4.99. The molecule has 2 amide bonds. The van der Waals surface area contributed by atoms with Gasteiger partial charge in [0.15, 0.2) is 17.3 Å². The van der Waals surface area contributed by atoms with E-state index in [1.54, 1.807) is 60.1 Å². The molecule has 10 nitrogen and oxygen atoms in total. The number of carbonyl (C=O) groups excluding carboxylic acids is 1. The van der Waals surface area contributed by atoms with Crippen LogP contribution in [0.25, 0.3) is 5.82 Å². The zero-order chi connectivity index (χ0) is 23.7. The Morgan fingerprint density at radius 1 is 0.912 bits per heavy atom. The molecular formula is C24H22N6O4. The predicted octanol–water partition coefficient (Wildman–Crippen LogP) is 4.75. The van der Waals surface area contributed by atoms with Crippen molar-refractivity contribution in [3.8, 4) is 28.9 Å². The first-order valence-electron chi connectivity index (χ1n) is 10.6. The summed E-state index contributed by atoms with van der Waals surface area (Å²) in [7, 11) is 0. The molecule has 0 spiro atoms. The van der Waals surface area contributed by atoms with Gasteiger partial charge >= 0.3 is 6.03 Å². The first kappa shape index (κ1) is 21.3. The molecule has 0 radical (unpaired) electrons. The highest BCUT2D eigenvalue weighted by atomic mass is 16.7. The molecule has 0 fully saturated rings. The van der Waals surface area contributed by atoms with E-state index in [1.807, 2.05) is 19.9 Å². The number of ether oxygens (including phenoxy) is 3. The summed E-state index contributed by atoms with van der Waals surface area (Å²) in [5.74, 6) is 3.42. The normalized spacial score (nSPS) is 11.9. The van der Waals surface area contributed by atoms with Crippen LogP contribution in [0.15, 0.2) is 54.6 Å². The summed E-state index contributed by atoms with van der Waals surface area (Å²) >= 11 is 0. The highest BCUT2D eigenvalue weighted by Crippen LogP contribution is 2.34. The Labute approximate surface area is 195 Å². The van der Waals surface area contributed by atoms with E-state index in [9.17, 15) is 4.79 Å². The zero-order valence-electron chi connectivity index (χ0n) is 18.8. The number of fused-ring (bicyclic) bond motifs is 1. The average molecular weight is 458 g/mol. The smallest absolute Gasteiger partial charge is 0.323 e. The minimum atomic E-state index is -0.381. The minimum absolute atomic E-state index is 0.178. The van der Waals surface area contributed by atoms with Crippen molar-refractivity contribution in [1.29, 1.82) is 0 Å². The number of urea groups is 1. The molecule has 0 saturated carbocycles. The topological polar surface area (TPSA) is 112 Å². The SMILES string of the molecule is Cc1cc(C)n(-c2cc(Oc3ccc(NC(=O)Nc4ccc5c(c4)OCO5)cc3)nc(C)n2)n1. The van der Waals surface area contributed by atoms with Crippen LogP contribution in [0, 0.1) is 20.8 Å². The van der Waals surface area contributed by atoms with Crippen molar-refractivity contribution in [1.82, 2.24) is 19.7 Å². The van der Waals surface area contributed by atoms with Crippen LogP contribution in [0.1, 0.15) is 17.2 Å². The second-order valence-electron chi connectivity index (χ2n) is 7.72. The quantitative estimate of drug-likeness (QED) is 0.444. The minimum Gasteiger partial charge on any atom is -0.454 e. The van der Waals surface area contributed by atoms with E-state index in [1.165, 1.54) is 0 Å². The van der Waals surface area contributed by atoms with Gasteiger partial charge in [0.25, 0.3) is 0 Å². The van der Waals surface area contributed by atoms with E-state index in [-0.39, 0.29) is 12.8 Å². The molecular weight excluding hydrogens is 436 g/mol. The second-order valence-corrected chi connectivity index (χ2v) is 7.72. The van der Waals surface area contributed by atoms with Crippen LogP contribution in [0.2, 0.25) is 0 Å². The number of anilines is 2. The molecule has 2 N–H and O–H groups in total. The fraction of sp³-hybridized carbons (Fsp3) is 0.167. The summed E-state index contributed by atoms with van der Waals surface area (Å²) in [6.07, 6.45) is 0. The molecule has 2 aromatic heterocycles. The molecule has 0 aliphatic carbocycles.